The Morgan fingerprint density at radius 3 is 1.06 bits per heavy atom. The topological polar surface area (TPSA) is 6.48 Å². The van der Waals surface area contributed by atoms with Gasteiger partial charge in [0.25, 0.3) is 0 Å². The minimum atomic E-state index is -0.349. The molecule has 0 radical (unpaired) electrons. The van der Waals surface area contributed by atoms with Crippen LogP contribution in [0.15, 0.2) is 206 Å². The van der Waals surface area contributed by atoms with Gasteiger partial charge in [0.15, 0.2) is 0 Å². The number of fused-ring (bicyclic) bond motifs is 8. The second kappa shape index (κ2) is 16.4. The number of anilines is 6. The Morgan fingerprint density at radius 1 is 0.319 bits per heavy atom. The first-order valence-corrected chi connectivity index (χ1v) is 25.9. The zero-order valence-electron chi connectivity index (χ0n) is 43.5. The molecule has 0 atom stereocenters. The van der Waals surface area contributed by atoms with Gasteiger partial charge in [-0.05, 0) is 126 Å². The lowest BCUT2D eigenvalue weighted by molar-refractivity contribution is 0.584. The fourth-order valence-electron chi connectivity index (χ4n) is 12.4. The van der Waals surface area contributed by atoms with Crippen molar-refractivity contribution in [1.82, 2.24) is 0 Å². The second-order valence-electron chi connectivity index (χ2n) is 23.4. The Balaban J connectivity index is 1.19. The SMILES string of the molecule is CC(C)(C)c1ccc2c(c1)C(C)(C)c1c(-c3ccc(N(c4ccccc4)c4cccc5ccccc45)c4c3C(C)(C)c3cc(C(C)(C)C)ccc3-4)ccc(N(c3ccccc3)c3cccc4ccccc34)c1-2. The molecule has 0 fully saturated rings. The molecule has 10 aromatic carbocycles. The molecule has 10 aromatic rings. The summed E-state index contributed by atoms with van der Waals surface area (Å²) in [7, 11) is 0. The van der Waals surface area contributed by atoms with E-state index >= 15 is 0 Å². The molecular weight excluding hydrogens is 869 g/mol. The highest BCUT2D eigenvalue weighted by atomic mass is 15.2. The highest BCUT2D eigenvalue weighted by Gasteiger charge is 2.45. The van der Waals surface area contributed by atoms with Crippen LogP contribution < -0.4 is 9.80 Å². The lowest BCUT2D eigenvalue weighted by Crippen LogP contribution is -2.21. The molecule has 2 heteroatoms. The van der Waals surface area contributed by atoms with E-state index in [0.29, 0.717) is 0 Å². The number of nitrogens with zero attached hydrogens (tertiary/aromatic N) is 2. The van der Waals surface area contributed by atoms with Crippen LogP contribution in [0.5, 0.6) is 0 Å². The van der Waals surface area contributed by atoms with E-state index in [1.54, 1.807) is 0 Å². The maximum Gasteiger partial charge on any atom is 0.0543 e. The monoisotopic (exact) mass is 933 g/mol. The summed E-state index contributed by atoms with van der Waals surface area (Å²) in [6.07, 6.45) is 0. The van der Waals surface area contributed by atoms with E-state index < -0.39 is 0 Å². The zero-order chi connectivity index (χ0) is 49.9. The third kappa shape index (κ3) is 7.05. The molecule has 0 aliphatic heterocycles. The fraction of sp³-hybridized carbons (Fsp3) is 0.200. The lowest BCUT2D eigenvalue weighted by Gasteiger charge is -2.33. The third-order valence-electron chi connectivity index (χ3n) is 16.1. The smallest absolute Gasteiger partial charge is 0.0543 e. The Hall–Kier alpha value is -7.68. The molecule has 12 rings (SSSR count). The van der Waals surface area contributed by atoms with Gasteiger partial charge in [0.05, 0.1) is 22.7 Å². The molecule has 2 aliphatic carbocycles. The number of benzene rings is 10. The summed E-state index contributed by atoms with van der Waals surface area (Å²) >= 11 is 0. The van der Waals surface area contributed by atoms with Crippen LogP contribution in [0.2, 0.25) is 0 Å². The van der Waals surface area contributed by atoms with Crippen molar-refractivity contribution in [3.05, 3.63) is 240 Å². The van der Waals surface area contributed by atoms with Crippen LogP contribution in [0.25, 0.3) is 54.9 Å². The Labute approximate surface area is 427 Å². The van der Waals surface area contributed by atoms with Crippen molar-refractivity contribution in [2.45, 2.75) is 90.9 Å². The standard InChI is InChI=1S/C70H64N2/c1-67(2,3)47-35-37-55-57(43-47)69(7,8)65-53(39-41-61(63(55)65)71(49-27-13-11-14-28-49)59-33-21-25-45-23-17-19-31-51(45)59)54-40-42-62(64-56-38-36-48(68(4,5)6)44-58(56)70(9,10)66(54)64)72(50-29-15-12-16-30-50)60-34-22-26-46-24-18-20-32-52(46)60/h11-44H,1-10H3. The van der Waals surface area contributed by atoms with Gasteiger partial charge in [-0.3, -0.25) is 0 Å². The van der Waals surface area contributed by atoms with Crippen molar-refractivity contribution in [2.75, 3.05) is 9.80 Å². The lowest BCUT2D eigenvalue weighted by atomic mass is 9.73. The first-order valence-electron chi connectivity index (χ1n) is 25.9. The van der Waals surface area contributed by atoms with Gasteiger partial charge in [-0.25, -0.2) is 0 Å². The molecular formula is C70H64N2. The van der Waals surface area contributed by atoms with Crippen molar-refractivity contribution in [3.8, 4) is 33.4 Å². The molecule has 2 nitrogen and oxygen atoms in total. The van der Waals surface area contributed by atoms with Gasteiger partial charge in [0, 0.05) is 44.1 Å². The third-order valence-corrected chi connectivity index (χ3v) is 16.1. The van der Waals surface area contributed by atoms with Gasteiger partial charge in [-0.1, -0.05) is 227 Å². The molecule has 2 aliphatic rings. The summed E-state index contributed by atoms with van der Waals surface area (Å²) in [5, 5.41) is 4.89. The van der Waals surface area contributed by atoms with Crippen LogP contribution >= 0.6 is 0 Å². The first-order chi connectivity index (χ1) is 34.5. The minimum absolute atomic E-state index is 0.0162. The Kier molecular flexibility index (Phi) is 10.4. The van der Waals surface area contributed by atoms with Gasteiger partial charge < -0.3 is 9.80 Å². The van der Waals surface area contributed by atoms with E-state index in [0.717, 1.165) is 22.7 Å². The molecule has 0 unspecified atom stereocenters. The van der Waals surface area contributed by atoms with Crippen molar-refractivity contribution >= 4 is 55.7 Å². The van der Waals surface area contributed by atoms with Crippen molar-refractivity contribution < 1.29 is 0 Å². The van der Waals surface area contributed by atoms with E-state index in [4.69, 9.17) is 0 Å². The van der Waals surface area contributed by atoms with E-state index in [9.17, 15) is 0 Å². The zero-order valence-corrected chi connectivity index (χ0v) is 43.5. The van der Waals surface area contributed by atoms with E-state index in [2.05, 4.69) is 285 Å². The highest BCUT2D eigenvalue weighted by Crippen LogP contribution is 2.62. The largest absolute Gasteiger partial charge is 0.309 e. The van der Waals surface area contributed by atoms with Crippen LogP contribution in [-0.2, 0) is 21.7 Å². The molecule has 72 heavy (non-hydrogen) atoms. The molecule has 0 N–H and O–H groups in total. The van der Waals surface area contributed by atoms with E-state index in [1.165, 1.54) is 99.7 Å². The quantitative estimate of drug-likeness (QED) is 0.157. The number of rotatable bonds is 7. The van der Waals surface area contributed by atoms with E-state index in [1.807, 2.05) is 0 Å². The van der Waals surface area contributed by atoms with Crippen LogP contribution in [0.1, 0.15) is 103 Å². The highest BCUT2D eigenvalue weighted by molar-refractivity contribution is 6.07. The molecule has 0 bridgehead atoms. The first kappa shape index (κ1) is 45.5. The molecule has 0 heterocycles. The Morgan fingerprint density at radius 2 is 0.667 bits per heavy atom. The molecule has 0 saturated heterocycles. The number of para-hydroxylation sites is 2. The van der Waals surface area contributed by atoms with Crippen LogP contribution in [0, 0.1) is 0 Å². The Bertz CT molecular complexity index is 3510. The predicted molar refractivity (Wildman–Crippen MR) is 309 cm³/mol. The van der Waals surface area contributed by atoms with Gasteiger partial charge in [-0.15, -0.1) is 0 Å². The molecule has 354 valence electrons. The minimum Gasteiger partial charge on any atom is -0.309 e. The molecule has 0 amide bonds. The van der Waals surface area contributed by atoms with Crippen LogP contribution in [0.4, 0.5) is 34.1 Å². The summed E-state index contributed by atoms with van der Waals surface area (Å²) in [6, 6.07) is 77.6. The summed E-state index contributed by atoms with van der Waals surface area (Å²) in [5.41, 5.74) is 22.2. The summed E-state index contributed by atoms with van der Waals surface area (Å²) in [4.78, 5) is 5.05. The average Bonchev–Trinajstić information content (AvgIpc) is 3.77. The average molecular weight is 933 g/mol. The van der Waals surface area contributed by atoms with Crippen molar-refractivity contribution in [1.29, 1.82) is 0 Å². The summed E-state index contributed by atoms with van der Waals surface area (Å²) in [5.74, 6) is 0. The maximum absolute atomic E-state index is 2.52. The van der Waals surface area contributed by atoms with Crippen molar-refractivity contribution in [3.63, 3.8) is 0 Å². The van der Waals surface area contributed by atoms with Gasteiger partial charge in [-0.2, -0.15) is 0 Å². The molecule has 0 aromatic heterocycles. The van der Waals surface area contributed by atoms with Crippen LogP contribution in [0.3, 0.4) is 0 Å². The summed E-state index contributed by atoms with van der Waals surface area (Å²) in [6.45, 7) is 23.9. The van der Waals surface area contributed by atoms with E-state index in [-0.39, 0.29) is 21.7 Å². The second-order valence-corrected chi connectivity index (χ2v) is 23.4. The predicted octanol–water partition coefficient (Wildman–Crippen LogP) is 19.8. The van der Waals surface area contributed by atoms with Gasteiger partial charge in [0.1, 0.15) is 0 Å². The molecule has 0 saturated carbocycles. The van der Waals surface area contributed by atoms with Crippen molar-refractivity contribution in [2.24, 2.45) is 0 Å². The summed E-state index contributed by atoms with van der Waals surface area (Å²) < 4.78 is 0. The van der Waals surface area contributed by atoms with Crippen LogP contribution in [-0.4, -0.2) is 0 Å². The fourth-order valence-corrected chi connectivity index (χ4v) is 12.4. The maximum atomic E-state index is 2.52. The van der Waals surface area contributed by atoms with Gasteiger partial charge >= 0.3 is 0 Å². The number of hydrogen-bond donors (Lipinski definition) is 0. The normalized spacial score (nSPS) is 14.2. The van der Waals surface area contributed by atoms with Gasteiger partial charge in [0.2, 0.25) is 0 Å². The molecule has 0 spiro atoms. The number of hydrogen-bond acceptors (Lipinski definition) is 2.